The van der Waals surface area contributed by atoms with E-state index in [1.54, 1.807) is 0 Å². The first-order valence-corrected chi connectivity index (χ1v) is 7.63. The first-order valence-electron chi connectivity index (χ1n) is 5.33. The summed E-state index contributed by atoms with van der Waals surface area (Å²) in [4.78, 5) is 0. The third-order valence-corrected chi connectivity index (χ3v) is 4.26. The predicted octanol–water partition coefficient (Wildman–Crippen LogP) is 3.25. The molecule has 1 heterocycles. The van der Waals surface area contributed by atoms with E-state index in [2.05, 4.69) is 0 Å². The molecule has 18 heavy (non-hydrogen) atoms. The minimum Gasteiger partial charge on any atom is -0.575 e. The molecule has 0 saturated heterocycles. The van der Waals surface area contributed by atoms with E-state index in [1.807, 2.05) is 71.5 Å². The molecule has 2 aromatic carbocycles. The summed E-state index contributed by atoms with van der Waals surface area (Å²) in [6, 6.07) is 15.0. The lowest BCUT2D eigenvalue weighted by atomic mass is 10.3. The van der Waals surface area contributed by atoms with Gasteiger partial charge in [-0.25, -0.2) is 0 Å². The van der Waals surface area contributed by atoms with Crippen LogP contribution in [0.1, 0.15) is 0 Å². The first-order chi connectivity index (χ1) is 8.86. The molecule has 0 bridgehead atoms. The second-order valence-electron chi connectivity index (χ2n) is 3.61. The highest BCUT2D eigenvalue weighted by molar-refractivity contribution is 14.1. The van der Waals surface area contributed by atoms with Crippen LogP contribution in [0.3, 0.4) is 0 Å². The molecule has 0 atom stereocenters. The van der Waals surface area contributed by atoms with Crippen molar-refractivity contribution in [2.45, 2.75) is 0 Å². The Kier molecular flexibility index (Phi) is 3.50. The van der Waals surface area contributed by atoms with E-state index in [0.29, 0.717) is 11.5 Å². The lowest BCUT2D eigenvalue weighted by Crippen LogP contribution is -2.32. The van der Waals surface area contributed by atoms with Crippen molar-refractivity contribution in [3.8, 4) is 23.0 Å². The van der Waals surface area contributed by atoms with Gasteiger partial charge in [-0.1, -0.05) is 24.3 Å². The van der Waals surface area contributed by atoms with Crippen LogP contribution < -0.4 is 14.4 Å². The second-order valence-corrected chi connectivity index (χ2v) is 5.34. The van der Waals surface area contributed by atoms with Gasteiger partial charge in [0.25, 0.3) is 0 Å². The number of halogens is 1. The number of fused-ring (bicyclic) bond motifs is 1. The number of hydrogen-bond donors (Lipinski definition) is 0. The predicted molar refractivity (Wildman–Crippen MR) is 75.2 cm³/mol. The Morgan fingerprint density at radius 3 is 2.00 bits per heavy atom. The molecule has 0 radical (unpaired) electrons. The van der Waals surface area contributed by atoms with E-state index in [1.165, 1.54) is 0 Å². The van der Waals surface area contributed by atoms with Gasteiger partial charge >= 0.3 is 15.1 Å². The number of hydrogen-bond acceptors (Lipinski definition) is 4. The Morgan fingerprint density at radius 1 is 0.833 bits per heavy atom. The largest absolute Gasteiger partial charge is 1.20 e. The summed E-state index contributed by atoms with van der Waals surface area (Å²) < 4.78 is 22.2. The van der Waals surface area contributed by atoms with Crippen molar-refractivity contribution in [1.29, 1.82) is 0 Å². The average molecular weight is 370 g/mol. The average Bonchev–Trinajstić information content (AvgIpc) is 2.81. The maximum absolute atomic E-state index is 5.74. The number of benzene rings is 2. The minimum atomic E-state index is -2.22. The molecule has 0 N–H and O–H groups in total. The van der Waals surface area contributed by atoms with Gasteiger partial charge in [0.05, 0.1) is 0 Å². The zero-order valence-corrected chi connectivity index (χ0v) is 12.5. The van der Waals surface area contributed by atoms with E-state index >= 15 is 0 Å². The molecule has 1 aliphatic heterocycles. The van der Waals surface area contributed by atoms with E-state index in [9.17, 15) is 0 Å². The molecular weight excluding hydrogens is 362 g/mol. The van der Waals surface area contributed by atoms with Gasteiger partial charge in [-0.2, -0.15) is 0 Å². The molecule has 0 aliphatic carbocycles. The van der Waals surface area contributed by atoms with Crippen LogP contribution in [0.5, 0.6) is 23.0 Å². The zero-order chi connectivity index (χ0) is 12.4. The minimum absolute atomic E-state index is 0.636. The molecule has 0 fully saturated rings. The Bertz CT molecular complexity index is 538. The van der Waals surface area contributed by atoms with Crippen molar-refractivity contribution in [2.75, 3.05) is 0 Å². The molecule has 0 unspecified atom stereocenters. The lowest BCUT2D eigenvalue weighted by molar-refractivity contribution is 0.347. The molecular formula is C12H8AlIO4. The SMILES string of the molecule is IOc1ccccc1[O][Al]1[O]c2ccccc2[O]1. The van der Waals surface area contributed by atoms with Crippen LogP contribution in [0.15, 0.2) is 48.5 Å². The Morgan fingerprint density at radius 2 is 1.39 bits per heavy atom. The van der Waals surface area contributed by atoms with Crippen molar-refractivity contribution < 1.29 is 14.4 Å². The standard InChI is InChI=1S/C6H5IO2.C6H6O2.Al/c7-9-6-4-2-1-3-5(6)8;7-5-3-1-2-4-6(5)8;/h1-4,8H;1-4,7-8H;/q;;+3/p-3. The lowest BCUT2D eigenvalue weighted by Gasteiger charge is -2.09. The fourth-order valence-corrected chi connectivity index (χ4v) is 3.35. The highest BCUT2D eigenvalue weighted by Crippen LogP contribution is 2.35. The molecule has 4 nitrogen and oxygen atoms in total. The molecule has 90 valence electrons. The normalized spacial score (nSPS) is 12.4. The van der Waals surface area contributed by atoms with Crippen LogP contribution in [-0.2, 0) is 0 Å². The maximum Gasteiger partial charge on any atom is 1.20 e. The van der Waals surface area contributed by atoms with Gasteiger partial charge < -0.3 is 14.4 Å². The van der Waals surface area contributed by atoms with Crippen molar-refractivity contribution in [1.82, 2.24) is 0 Å². The molecule has 1 aliphatic rings. The zero-order valence-electron chi connectivity index (χ0n) is 9.21. The third-order valence-electron chi connectivity index (χ3n) is 2.45. The highest BCUT2D eigenvalue weighted by atomic mass is 127. The van der Waals surface area contributed by atoms with Crippen LogP contribution in [0.4, 0.5) is 0 Å². The summed E-state index contributed by atoms with van der Waals surface area (Å²) in [5, 5.41) is 0. The van der Waals surface area contributed by atoms with Crippen LogP contribution in [0, 0.1) is 0 Å². The summed E-state index contributed by atoms with van der Waals surface area (Å²) in [6.45, 7) is 0. The summed E-state index contributed by atoms with van der Waals surface area (Å²) in [7, 11) is 0. The second kappa shape index (κ2) is 5.26. The molecule has 3 rings (SSSR count). The van der Waals surface area contributed by atoms with Crippen LogP contribution >= 0.6 is 23.0 Å². The number of para-hydroxylation sites is 4. The van der Waals surface area contributed by atoms with E-state index in [4.69, 9.17) is 14.4 Å². The molecule has 0 saturated carbocycles. The Balaban J connectivity index is 1.76. The van der Waals surface area contributed by atoms with Crippen molar-refractivity contribution in [3.63, 3.8) is 0 Å². The number of rotatable bonds is 3. The molecule has 6 heteroatoms. The third kappa shape index (κ3) is 2.36. The van der Waals surface area contributed by atoms with E-state index < -0.39 is 15.1 Å². The quantitative estimate of drug-likeness (QED) is 0.614. The maximum atomic E-state index is 5.74. The van der Waals surface area contributed by atoms with Crippen molar-refractivity contribution >= 4 is 38.2 Å². The summed E-state index contributed by atoms with van der Waals surface area (Å²) in [6.07, 6.45) is 0. The van der Waals surface area contributed by atoms with Crippen LogP contribution in [0.25, 0.3) is 0 Å². The fraction of sp³-hybridized carbons (Fsp3) is 0. The van der Waals surface area contributed by atoms with Gasteiger partial charge in [0, 0.05) is 0 Å². The first kappa shape index (κ1) is 12.0. The Hall–Kier alpha value is -1.10. The van der Waals surface area contributed by atoms with Crippen LogP contribution in [-0.4, -0.2) is 15.1 Å². The highest BCUT2D eigenvalue weighted by Gasteiger charge is 2.50. The van der Waals surface area contributed by atoms with Gasteiger partial charge in [0.15, 0.2) is 28.8 Å². The van der Waals surface area contributed by atoms with E-state index in [-0.39, 0.29) is 0 Å². The summed E-state index contributed by atoms with van der Waals surface area (Å²) >= 11 is -0.401. The Labute approximate surface area is 124 Å². The van der Waals surface area contributed by atoms with Gasteiger partial charge in [0.1, 0.15) is 17.2 Å². The van der Waals surface area contributed by atoms with Gasteiger partial charge in [-0.3, -0.25) is 0 Å². The van der Waals surface area contributed by atoms with Crippen molar-refractivity contribution in [2.24, 2.45) is 0 Å². The van der Waals surface area contributed by atoms with Gasteiger partial charge in [-0.15, -0.1) is 0 Å². The van der Waals surface area contributed by atoms with Crippen LogP contribution in [0.2, 0.25) is 0 Å². The van der Waals surface area contributed by atoms with E-state index in [0.717, 1.165) is 11.5 Å². The summed E-state index contributed by atoms with van der Waals surface area (Å²) in [5.41, 5.74) is 0. The molecule has 0 spiro atoms. The fourth-order valence-electron chi connectivity index (χ4n) is 1.64. The topological polar surface area (TPSA) is 36.9 Å². The van der Waals surface area contributed by atoms with Gasteiger partial charge in [0.2, 0.25) is 0 Å². The molecule has 0 amide bonds. The molecule has 2 aromatic rings. The van der Waals surface area contributed by atoms with Crippen molar-refractivity contribution in [3.05, 3.63) is 48.5 Å². The molecule has 0 aromatic heterocycles. The smallest absolute Gasteiger partial charge is 0.575 e. The summed E-state index contributed by atoms with van der Waals surface area (Å²) in [5.74, 6) is 2.77. The van der Waals surface area contributed by atoms with Gasteiger partial charge in [-0.05, 0) is 24.3 Å². The monoisotopic (exact) mass is 370 g/mol.